The molecular formula is C23H25N3O3S. The van der Waals surface area contributed by atoms with Gasteiger partial charge in [0, 0.05) is 35.8 Å². The first-order valence-electron chi connectivity index (χ1n) is 9.80. The van der Waals surface area contributed by atoms with Gasteiger partial charge in [0.2, 0.25) is 5.91 Å². The maximum atomic E-state index is 12.6. The van der Waals surface area contributed by atoms with Crippen molar-refractivity contribution in [2.45, 2.75) is 13.3 Å². The standard InChI is InChI=1S/C23H25N3O3S/c1-3-29-23(28)21-19(17-9-5-4-6-10-17)16-30-22(21)25-20(27)15-26(2)14-12-18-11-7-8-13-24-18/h4-11,13,16H,3,12,14-15H2,1-2H3,(H,25,27). The zero-order chi connectivity index (χ0) is 21.3. The quantitative estimate of drug-likeness (QED) is 0.525. The number of nitrogens with one attached hydrogen (secondary N) is 1. The van der Waals surface area contributed by atoms with Gasteiger partial charge in [-0.2, -0.15) is 0 Å². The number of pyridine rings is 1. The second-order valence-corrected chi connectivity index (χ2v) is 7.68. The van der Waals surface area contributed by atoms with Gasteiger partial charge >= 0.3 is 5.97 Å². The summed E-state index contributed by atoms with van der Waals surface area (Å²) in [5.74, 6) is -0.609. The number of carbonyl (C=O) groups excluding carboxylic acids is 2. The number of likely N-dealkylation sites (N-methyl/N-ethyl adjacent to an activating group) is 1. The van der Waals surface area contributed by atoms with Gasteiger partial charge in [0.15, 0.2) is 0 Å². The summed E-state index contributed by atoms with van der Waals surface area (Å²) in [6.45, 7) is 2.95. The highest BCUT2D eigenvalue weighted by Gasteiger charge is 2.23. The molecule has 0 saturated heterocycles. The third-order valence-electron chi connectivity index (χ3n) is 4.50. The zero-order valence-corrected chi connectivity index (χ0v) is 17.9. The Kier molecular flexibility index (Phi) is 7.70. The lowest BCUT2D eigenvalue weighted by Gasteiger charge is -2.16. The molecule has 0 aliphatic heterocycles. The van der Waals surface area contributed by atoms with E-state index in [1.54, 1.807) is 13.1 Å². The van der Waals surface area contributed by atoms with E-state index in [1.165, 1.54) is 11.3 Å². The van der Waals surface area contributed by atoms with Crippen LogP contribution in [0.5, 0.6) is 0 Å². The van der Waals surface area contributed by atoms with Crippen LogP contribution in [0.15, 0.2) is 60.1 Å². The molecule has 0 aliphatic carbocycles. The number of nitrogens with zero attached hydrogens (tertiary/aromatic N) is 2. The Labute approximate surface area is 180 Å². The van der Waals surface area contributed by atoms with Gasteiger partial charge in [0.1, 0.15) is 10.6 Å². The number of hydrogen-bond donors (Lipinski definition) is 1. The highest BCUT2D eigenvalue weighted by molar-refractivity contribution is 7.15. The molecule has 1 N–H and O–H groups in total. The lowest BCUT2D eigenvalue weighted by molar-refractivity contribution is -0.117. The van der Waals surface area contributed by atoms with Gasteiger partial charge in [0.25, 0.3) is 0 Å². The molecular weight excluding hydrogens is 398 g/mol. The maximum absolute atomic E-state index is 12.6. The van der Waals surface area contributed by atoms with E-state index in [2.05, 4.69) is 10.3 Å². The number of amides is 1. The molecule has 1 amide bonds. The molecule has 2 heterocycles. The number of aromatic nitrogens is 1. The van der Waals surface area contributed by atoms with Crippen molar-refractivity contribution >= 4 is 28.2 Å². The van der Waals surface area contributed by atoms with Gasteiger partial charge in [-0.3, -0.25) is 14.7 Å². The van der Waals surface area contributed by atoms with Gasteiger partial charge in [-0.25, -0.2) is 4.79 Å². The molecule has 0 atom stereocenters. The van der Waals surface area contributed by atoms with Crippen LogP contribution in [0.2, 0.25) is 0 Å². The first-order valence-corrected chi connectivity index (χ1v) is 10.7. The van der Waals surface area contributed by atoms with Crippen LogP contribution < -0.4 is 5.32 Å². The molecule has 0 unspecified atom stereocenters. The Morgan fingerprint density at radius 3 is 2.60 bits per heavy atom. The molecule has 0 fully saturated rings. The summed E-state index contributed by atoms with van der Waals surface area (Å²) < 4.78 is 5.24. The molecule has 3 rings (SSSR count). The van der Waals surface area contributed by atoms with Crippen LogP contribution in [0.1, 0.15) is 23.0 Å². The Hall–Kier alpha value is -3.03. The summed E-state index contributed by atoms with van der Waals surface area (Å²) in [4.78, 5) is 31.4. The number of carbonyl (C=O) groups is 2. The second kappa shape index (κ2) is 10.7. The minimum absolute atomic E-state index is 0.175. The summed E-state index contributed by atoms with van der Waals surface area (Å²) in [6, 6.07) is 15.4. The summed E-state index contributed by atoms with van der Waals surface area (Å²) >= 11 is 1.33. The van der Waals surface area contributed by atoms with Gasteiger partial charge < -0.3 is 10.1 Å². The van der Waals surface area contributed by atoms with E-state index >= 15 is 0 Å². The number of thiophene rings is 1. The summed E-state index contributed by atoms with van der Waals surface area (Å²) in [5.41, 5.74) is 3.06. The number of esters is 1. The SMILES string of the molecule is CCOC(=O)c1c(-c2ccccc2)csc1NC(=O)CN(C)CCc1ccccn1. The second-order valence-electron chi connectivity index (χ2n) is 6.80. The highest BCUT2D eigenvalue weighted by atomic mass is 32.1. The normalized spacial score (nSPS) is 10.8. The molecule has 0 spiro atoms. The first-order chi connectivity index (χ1) is 14.6. The first kappa shape index (κ1) is 21.7. The Morgan fingerprint density at radius 2 is 1.90 bits per heavy atom. The van der Waals surface area contributed by atoms with Crippen LogP contribution in [0, 0.1) is 0 Å². The van der Waals surface area contributed by atoms with Crippen molar-refractivity contribution in [3.63, 3.8) is 0 Å². The van der Waals surface area contributed by atoms with Crippen molar-refractivity contribution < 1.29 is 14.3 Å². The third kappa shape index (κ3) is 5.75. The van der Waals surface area contributed by atoms with Gasteiger partial charge in [-0.05, 0) is 31.7 Å². The van der Waals surface area contributed by atoms with E-state index in [-0.39, 0.29) is 19.1 Å². The summed E-state index contributed by atoms with van der Waals surface area (Å²) in [6.07, 6.45) is 2.52. The number of anilines is 1. The van der Waals surface area contributed by atoms with Crippen LogP contribution in [-0.4, -0.2) is 48.5 Å². The van der Waals surface area contributed by atoms with E-state index in [4.69, 9.17) is 4.74 Å². The summed E-state index contributed by atoms with van der Waals surface area (Å²) in [7, 11) is 1.89. The topological polar surface area (TPSA) is 71.5 Å². The minimum atomic E-state index is -0.434. The molecule has 7 heteroatoms. The number of rotatable bonds is 9. The van der Waals surface area contributed by atoms with Crippen LogP contribution in [0.3, 0.4) is 0 Å². The Morgan fingerprint density at radius 1 is 1.13 bits per heavy atom. The average Bonchev–Trinajstić information content (AvgIpc) is 3.17. The van der Waals surface area contributed by atoms with E-state index in [0.29, 0.717) is 17.1 Å². The Bertz CT molecular complexity index is 974. The predicted octanol–water partition coefficient (Wildman–Crippen LogP) is 4.10. The summed E-state index contributed by atoms with van der Waals surface area (Å²) in [5, 5.41) is 5.28. The van der Waals surface area contributed by atoms with E-state index in [1.807, 2.05) is 65.9 Å². The highest BCUT2D eigenvalue weighted by Crippen LogP contribution is 2.36. The molecule has 0 aliphatic rings. The minimum Gasteiger partial charge on any atom is -0.462 e. The molecule has 3 aromatic rings. The fourth-order valence-electron chi connectivity index (χ4n) is 3.03. The van der Waals surface area contributed by atoms with Crippen molar-refractivity contribution in [3.05, 3.63) is 71.4 Å². The lowest BCUT2D eigenvalue weighted by atomic mass is 10.0. The van der Waals surface area contributed by atoms with Gasteiger partial charge in [-0.15, -0.1) is 11.3 Å². The average molecular weight is 424 g/mol. The third-order valence-corrected chi connectivity index (χ3v) is 5.39. The van der Waals surface area contributed by atoms with Crippen molar-refractivity contribution in [2.24, 2.45) is 0 Å². The van der Waals surface area contributed by atoms with Gasteiger partial charge in [0.05, 0.1) is 13.2 Å². The largest absolute Gasteiger partial charge is 0.462 e. The number of ether oxygens (including phenoxy) is 1. The van der Waals surface area contributed by atoms with E-state index in [9.17, 15) is 9.59 Å². The molecule has 0 saturated carbocycles. The van der Waals surface area contributed by atoms with Crippen LogP contribution in [-0.2, 0) is 16.0 Å². The molecule has 2 aromatic heterocycles. The number of hydrogen-bond acceptors (Lipinski definition) is 6. The lowest BCUT2D eigenvalue weighted by Crippen LogP contribution is -2.32. The molecule has 156 valence electrons. The van der Waals surface area contributed by atoms with E-state index < -0.39 is 5.97 Å². The smallest absolute Gasteiger partial charge is 0.341 e. The molecule has 30 heavy (non-hydrogen) atoms. The fraction of sp³-hybridized carbons (Fsp3) is 0.261. The van der Waals surface area contributed by atoms with E-state index in [0.717, 1.165) is 23.2 Å². The van der Waals surface area contributed by atoms with Crippen molar-refractivity contribution in [3.8, 4) is 11.1 Å². The van der Waals surface area contributed by atoms with Crippen LogP contribution in [0.25, 0.3) is 11.1 Å². The van der Waals surface area contributed by atoms with Crippen LogP contribution in [0.4, 0.5) is 5.00 Å². The fourth-order valence-corrected chi connectivity index (χ4v) is 4.00. The molecule has 6 nitrogen and oxygen atoms in total. The van der Waals surface area contributed by atoms with Crippen molar-refractivity contribution in [1.82, 2.24) is 9.88 Å². The van der Waals surface area contributed by atoms with Crippen molar-refractivity contribution in [2.75, 3.05) is 32.1 Å². The molecule has 1 aromatic carbocycles. The monoisotopic (exact) mass is 423 g/mol. The number of benzene rings is 1. The molecule has 0 radical (unpaired) electrons. The van der Waals surface area contributed by atoms with Crippen LogP contribution >= 0.6 is 11.3 Å². The zero-order valence-electron chi connectivity index (χ0n) is 17.1. The molecule has 0 bridgehead atoms. The maximum Gasteiger partial charge on any atom is 0.341 e. The predicted molar refractivity (Wildman–Crippen MR) is 120 cm³/mol. The Balaban J connectivity index is 1.68. The van der Waals surface area contributed by atoms with Crippen molar-refractivity contribution in [1.29, 1.82) is 0 Å². The van der Waals surface area contributed by atoms with Gasteiger partial charge in [-0.1, -0.05) is 36.4 Å².